The minimum atomic E-state index is 0.724. The first-order valence-corrected chi connectivity index (χ1v) is 2.32. The molecular formula is C4H8N2S. The first-order valence-electron chi connectivity index (χ1n) is 1.91. The summed E-state index contributed by atoms with van der Waals surface area (Å²) in [5.74, 6) is 0. The molecule has 0 spiro atoms. The summed E-state index contributed by atoms with van der Waals surface area (Å²) in [6.07, 6.45) is 2.98. The molecule has 0 fully saturated rings. The molecule has 40 valence electrons. The molecule has 0 aromatic carbocycles. The van der Waals surface area contributed by atoms with Crippen molar-refractivity contribution in [1.82, 2.24) is 5.32 Å². The highest BCUT2D eigenvalue weighted by Gasteiger charge is 1.71. The molecule has 0 aliphatic carbocycles. The van der Waals surface area contributed by atoms with Gasteiger partial charge in [0.1, 0.15) is 0 Å². The van der Waals surface area contributed by atoms with Crippen molar-refractivity contribution >= 4 is 17.2 Å². The summed E-state index contributed by atoms with van der Waals surface area (Å²) in [5.41, 5.74) is 4.97. The lowest BCUT2D eigenvalue weighted by Crippen LogP contribution is -2.09. The summed E-state index contributed by atoms with van der Waals surface area (Å²) >= 11 is 4.64. The molecule has 0 amide bonds. The fraction of sp³-hybridized carbons (Fsp3) is 0.250. The van der Waals surface area contributed by atoms with Crippen LogP contribution in [0.4, 0.5) is 0 Å². The van der Waals surface area contributed by atoms with E-state index in [9.17, 15) is 0 Å². The van der Waals surface area contributed by atoms with E-state index in [-0.39, 0.29) is 0 Å². The quantitative estimate of drug-likeness (QED) is 0.485. The van der Waals surface area contributed by atoms with Crippen LogP contribution >= 0.6 is 12.2 Å². The Morgan fingerprint density at radius 1 is 1.86 bits per heavy atom. The van der Waals surface area contributed by atoms with Crippen LogP contribution < -0.4 is 11.1 Å². The van der Waals surface area contributed by atoms with Crippen LogP contribution in [0.5, 0.6) is 0 Å². The molecule has 0 aliphatic heterocycles. The van der Waals surface area contributed by atoms with E-state index in [0.29, 0.717) is 0 Å². The number of hydrogen-bond acceptors (Lipinski definition) is 2. The Balaban J connectivity index is 3.14. The molecular weight excluding hydrogens is 108 g/mol. The Bertz CT molecular complexity index is 87.7. The molecule has 3 N–H and O–H groups in total. The van der Waals surface area contributed by atoms with E-state index in [1.165, 1.54) is 6.20 Å². The van der Waals surface area contributed by atoms with E-state index >= 15 is 0 Å². The number of thiocarbonyl (C=S) groups is 1. The van der Waals surface area contributed by atoms with Gasteiger partial charge in [-0.15, -0.1) is 0 Å². The zero-order chi connectivity index (χ0) is 5.70. The van der Waals surface area contributed by atoms with Gasteiger partial charge in [-0.05, 0) is 6.92 Å². The zero-order valence-corrected chi connectivity index (χ0v) is 4.96. The Morgan fingerprint density at radius 2 is 2.43 bits per heavy atom. The average Bonchev–Trinajstić information content (AvgIpc) is 1.61. The Labute approximate surface area is 48.4 Å². The molecule has 0 aromatic heterocycles. The Morgan fingerprint density at radius 3 is 2.57 bits per heavy atom. The molecule has 0 aliphatic rings. The maximum atomic E-state index is 4.97. The minimum Gasteiger partial charge on any atom is -0.403 e. The van der Waals surface area contributed by atoms with Gasteiger partial charge in [-0.1, -0.05) is 12.2 Å². The molecule has 0 aromatic rings. The van der Waals surface area contributed by atoms with E-state index in [2.05, 4.69) is 17.5 Å². The van der Waals surface area contributed by atoms with Crippen LogP contribution in [0, 0.1) is 0 Å². The normalized spacial score (nSPS) is 9.29. The first kappa shape index (κ1) is 6.43. The van der Waals surface area contributed by atoms with Crippen LogP contribution in [0.25, 0.3) is 0 Å². The summed E-state index contributed by atoms with van der Waals surface area (Å²) in [6.45, 7) is 1.79. The summed E-state index contributed by atoms with van der Waals surface area (Å²) in [6, 6.07) is 0. The molecule has 0 radical (unpaired) electrons. The van der Waals surface area contributed by atoms with Crippen molar-refractivity contribution in [3.05, 3.63) is 12.4 Å². The first-order chi connectivity index (χ1) is 3.27. The van der Waals surface area contributed by atoms with Crippen LogP contribution in [0.1, 0.15) is 6.92 Å². The molecule has 7 heavy (non-hydrogen) atoms. The number of nitrogens with two attached hydrogens (primary N) is 1. The highest BCUT2D eigenvalue weighted by Crippen LogP contribution is 1.64. The number of rotatable bonds is 1. The van der Waals surface area contributed by atoms with Gasteiger partial charge in [0.2, 0.25) is 0 Å². The molecule has 0 saturated carbocycles. The van der Waals surface area contributed by atoms with Gasteiger partial charge in [0.15, 0.2) is 0 Å². The van der Waals surface area contributed by atoms with Gasteiger partial charge in [-0.2, -0.15) is 0 Å². The van der Waals surface area contributed by atoms with E-state index in [1.54, 1.807) is 13.1 Å². The van der Waals surface area contributed by atoms with E-state index < -0.39 is 0 Å². The third kappa shape index (κ3) is 5.43. The lowest BCUT2D eigenvalue weighted by molar-refractivity contribution is 1.28. The third-order valence-corrected chi connectivity index (χ3v) is 0.501. The minimum absolute atomic E-state index is 0.724. The highest BCUT2D eigenvalue weighted by molar-refractivity contribution is 7.80. The molecule has 0 rings (SSSR count). The largest absolute Gasteiger partial charge is 0.403 e. The van der Waals surface area contributed by atoms with E-state index in [0.717, 1.165) is 4.99 Å². The lowest BCUT2D eigenvalue weighted by atomic mass is 10.7. The summed E-state index contributed by atoms with van der Waals surface area (Å²) in [4.78, 5) is 0.724. The monoisotopic (exact) mass is 116 g/mol. The van der Waals surface area contributed by atoms with Gasteiger partial charge in [-0.25, -0.2) is 0 Å². The van der Waals surface area contributed by atoms with Crippen molar-refractivity contribution in [1.29, 1.82) is 0 Å². The van der Waals surface area contributed by atoms with Crippen molar-refractivity contribution in [3.8, 4) is 0 Å². The van der Waals surface area contributed by atoms with Gasteiger partial charge >= 0.3 is 0 Å². The van der Waals surface area contributed by atoms with Crippen molar-refractivity contribution in [2.24, 2.45) is 5.73 Å². The van der Waals surface area contributed by atoms with Gasteiger partial charge in [0.25, 0.3) is 0 Å². The molecule has 0 heterocycles. The van der Waals surface area contributed by atoms with Crippen LogP contribution in [0.2, 0.25) is 0 Å². The summed E-state index contributed by atoms with van der Waals surface area (Å²) in [7, 11) is 0. The molecule has 0 atom stereocenters. The van der Waals surface area contributed by atoms with Crippen molar-refractivity contribution in [2.75, 3.05) is 0 Å². The third-order valence-electron chi connectivity index (χ3n) is 0.383. The molecule has 3 heteroatoms. The molecule has 0 unspecified atom stereocenters. The zero-order valence-electron chi connectivity index (χ0n) is 4.14. The second-order valence-electron chi connectivity index (χ2n) is 1.06. The highest BCUT2D eigenvalue weighted by atomic mass is 32.1. The standard InChI is InChI=1S/C4H8N2S/c1-4(7)6-3-2-5/h2-3H,5H2,1H3,(H,6,7)/b3-2+. The predicted octanol–water partition coefficient (Wildman–Crippen LogP) is 0.353. The van der Waals surface area contributed by atoms with Crippen LogP contribution in [-0.4, -0.2) is 4.99 Å². The topological polar surface area (TPSA) is 38.0 Å². The molecule has 2 nitrogen and oxygen atoms in total. The van der Waals surface area contributed by atoms with Crippen LogP contribution in [0.15, 0.2) is 12.4 Å². The molecule has 0 bridgehead atoms. The Kier molecular flexibility index (Phi) is 3.32. The summed E-state index contributed by atoms with van der Waals surface area (Å²) in [5, 5.41) is 2.72. The Hall–Kier alpha value is -0.570. The van der Waals surface area contributed by atoms with Crippen LogP contribution in [-0.2, 0) is 0 Å². The van der Waals surface area contributed by atoms with Crippen LogP contribution in [0.3, 0.4) is 0 Å². The van der Waals surface area contributed by atoms with Crippen molar-refractivity contribution in [2.45, 2.75) is 6.92 Å². The lowest BCUT2D eigenvalue weighted by Gasteiger charge is -1.89. The van der Waals surface area contributed by atoms with E-state index in [1.807, 2.05) is 0 Å². The van der Waals surface area contributed by atoms with E-state index in [4.69, 9.17) is 5.73 Å². The predicted molar refractivity (Wildman–Crippen MR) is 34.7 cm³/mol. The van der Waals surface area contributed by atoms with Crippen molar-refractivity contribution < 1.29 is 0 Å². The van der Waals surface area contributed by atoms with Gasteiger partial charge < -0.3 is 11.1 Å². The van der Waals surface area contributed by atoms with Crippen molar-refractivity contribution in [3.63, 3.8) is 0 Å². The number of nitrogens with one attached hydrogen (secondary N) is 1. The maximum absolute atomic E-state index is 4.97. The van der Waals surface area contributed by atoms with Gasteiger partial charge in [0.05, 0.1) is 4.99 Å². The average molecular weight is 116 g/mol. The maximum Gasteiger partial charge on any atom is 0.0761 e. The second kappa shape index (κ2) is 3.61. The SMILES string of the molecule is CC(=S)N/C=C/N. The fourth-order valence-electron chi connectivity index (χ4n) is 0.165. The summed E-state index contributed by atoms with van der Waals surface area (Å²) < 4.78 is 0. The van der Waals surface area contributed by atoms with Gasteiger partial charge in [-0.3, -0.25) is 0 Å². The second-order valence-corrected chi connectivity index (χ2v) is 1.67. The smallest absolute Gasteiger partial charge is 0.0761 e. The van der Waals surface area contributed by atoms with Gasteiger partial charge in [0, 0.05) is 12.4 Å². The number of hydrogen-bond donors (Lipinski definition) is 2. The fourth-order valence-corrected chi connectivity index (χ4v) is 0.234. The molecule has 0 saturated heterocycles.